The topological polar surface area (TPSA) is 64.6 Å². The van der Waals surface area contributed by atoms with Gasteiger partial charge in [-0.1, -0.05) is 18.2 Å². The minimum Gasteiger partial charge on any atom is -0.497 e. The van der Waals surface area contributed by atoms with Crippen LogP contribution in [0.25, 0.3) is 0 Å². The molecule has 0 aliphatic rings. The normalized spacial score (nSPS) is 10.2. The minimum atomic E-state index is -0.600. The van der Waals surface area contributed by atoms with Crippen molar-refractivity contribution in [2.75, 3.05) is 19.0 Å². The van der Waals surface area contributed by atoms with E-state index in [0.717, 1.165) is 16.8 Å². The van der Waals surface area contributed by atoms with Crippen LogP contribution in [0.5, 0.6) is 5.75 Å². The molecule has 0 fully saturated rings. The van der Waals surface area contributed by atoms with E-state index in [9.17, 15) is 9.59 Å². The molecule has 2 aromatic carbocycles. The fourth-order valence-corrected chi connectivity index (χ4v) is 2.59. The molecule has 0 atom stereocenters. The number of ether oxygens (including phenoxy) is 2. The minimum absolute atomic E-state index is 0.300. The number of hydrogen-bond acceptors (Lipinski definition) is 4. The van der Waals surface area contributed by atoms with Crippen LogP contribution in [-0.4, -0.2) is 25.6 Å². The van der Waals surface area contributed by atoms with Crippen LogP contribution in [0, 0.1) is 13.8 Å². The van der Waals surface area contributed by atoms with E-state index in [-0.39, 0.29) is 12.5 Å². The second kappa shape index (κ2) is 7.97. The number of anilines is 1. The van der Waals surface area contributed by atoms with Crippen LogP contribution in [-0.2, 0) is 9.53 Å². The van der Waals surface area contributed by atoms with Crippen molar-refractivity contribution in [3.8, 4) is 5.75 Å². The predicted octanol–water partition coefficient (Wildman–Crippen LogP) is 3.87. The van der Waals surface area contributed by atoms with Crippen molar-refractivity contribution >= 4 is 33.5 Å². The number of rotatable bonds is 5. The molecule has 0 aliphatic heterocycles. The lowest BCUT2D eigenvalue weighted by atomic mass is 10.1. The number of carbonyl (C=O) groups is 2. The predicted molar refractivity (Wildman–Crippen MR) is 95.5 cm³/mol. The standard InChI is InChI=1S/C18H18BrNO4/c1-11-5-4-6-12(2)17(11)20-16(21)10-24-18(22)14-9-13(23-3)7-8-15(14)19/h4-9H,10H2,1-3H3,(H,20,21). The number of para-hydroxylation sites is 1. The Hall–Kier alpha value is -2.34. The molecule has 24 heavy (non-hydrogen) atoms. The molecule has 126 valence electrons. The van der Waals surface area contributed by atoms with Gasteiger partial charge in [0, 0.05) is 10.2 Å². The summed E-state index contributed by atoms with van der Waals surface area (Å²) in [5.41, 5.74) is 2.94. The zero-order valence-corrected chi connectivity index (χ0v) is 15.3. The maximum Gasteiger partial charge on any atom is 0.339 e. The quantitative estimate of drug-likeness (QED) is 0.785. The number of nitrogens with one attached hydrogen (secondary N) is 1. The Kier molecular flexibility index (Phi) is 5.98. The first kappa shape index (κ1) is 18.0. The molecular formula is C18H18BrNO4. The maximum atomic E-state index is 12.1. The number of halogens is 1. The number of benzene rings is 2. The van der Waals surface area contributed by atoms with Gasteiger partial charge >= 0.3 is 5.97 Å². The Morgan fingerprint density at radius 3 is 2.42 bits per heavy atom. The van der Waals surface area contributed by atoms with E-state index in [2.05, 4.69) is 21.2 Å². The van der Waals surface area contributed by atoms with Crippen molar-refractivity contribution in [1.29, 1.82) is 0 Å². The number of esters is 1. The van der Waals surface area contributed by atoms with Gasteiger partial charge in [0.15, 0.2) is 6.61 Å². The van der Waals surface area contributed by atoms with Crippen molar-refractivity contribution in [3.05, 3.63) is 57.6 Å². The van der Waals surface area contributed by atoms with Gasteiger partial charge in [0.25, 0.3) is 5.91 Å². The SMILES string of the molecule is COc1ccc(Br)c(C(=O)OCC(=O)Nc2c(C)cccc2C)c1. The smallest absolute Gasteiger partial charge is 0.339 e. The molecule has 0 radical (unpaired) electrons. The summed E-state index contributed by atoms with van der Waals surface area (Å²) in [7, 11) is 1.51. The van der Waals surface area contributed by atoms with Gasteiger partial charge in [0.2, 0.25) is 0 Å². The van der Waals surface area contributed by atoms with Crippen molar-refractivity contribution < 1.29 is 19.1 Å². The summed E-state index contributed by atoms with van der Waals surface area (Å²) in [6.07, 6.45) is 0. The largest absolute Gasteiger partial charge is 0.497 e. The van der Waals surface area contributed by atoms with E-state index in [0.29, 0.717) is 15.8 Å². The molecule has 0 saturated heterocycles. The van der Waals surface area contributed by atoms with Gasteiger partial charge in [-0.05, 0) is 59.1 Å². The van der Waals surface area contributed by atoms with Crippen LogP contribution in [0.3, 0.4) is 0 Å². The highest BCUT2D eigenvalue weighted by atomic mass is 79.9. The molecule has 0 spiro atoms. The Labute approximate surface area is 149 Å². The van der Waals surface area contributed by atoms with Crippen molar-refractivity contribution in [2.24, 2.45) is 0 Å². The van der Waals surface area contributed by atoms with Crippen LogP contribution < -0.4 is 10.1 Å². The second-order valence-corrected chi connectivity index (χ2v) is 6.09. The van der Waals surface area contributed by atoms with Crippen LogP contribution >= 0.6 is 15.9 Å². The first-order valence-electron chi connectivity index (χ1n) is 7.29. The maximum absolute atomic E-state index is 12.1. The Balaban J connectivity index is 2.00. The number of hydrogen-bond donors (Lipinski definition) is 1. The summed E-state index contributed by atoms with van der Waals surface area (Å²) in [6.45, 7) is 3.44. The zero-order chi connectivity index (χ0) is 17.7. The summed E-state index contributed by atoms with van der Waals surface area (Å²) in [5, 5.41) is 2.77. The Morgan fingerprint density at radius 2 is 1.79 bits per heavy atom. The molecular weight excluding hydrogens is 374 g/mol. The first-order chi connectivity index (χ1) is 11.4. The van der Waals surface area contributed by atoms with E-state index in [1.165, 1.54) is 7.11 Å². The highest BCUT2D eigenvalue weighted by Crippen LogP contribution is 2.23. The zero-order valence-electron chi connectivity index (χ0n) is 13.7. The van der Waals surface area contributed by atoms with Gasteiger partial charge in [-0.2, -0.15) is 0 Å². The lowest BCUT2D eigenvalue weighted by Gasteiger charge is -2.12. The fraction of sp³-hybridized carbons (Fsp3) is 0.222. The first-order valence-corrected chi connectivity index (χ1v) is 8.08. The van der Waals surface area contributed by atoms with Crippen molar-refractivity contribution in [1.82, 2.24) is 0 Å². The van der Waals surface area contributed by atoms with Crippen LogP contribution in [0.4, 0.5) is 5.69 Å². The molecule has 0 unspecified atom stereocenters. The molecule has 0 bridgehead atoms. The van der Waals surface area contributed by atoms with Crippen LogP contribution in [0.1, 0.15) is 21.5 Å². The number of methoxy groups -OCH3 is 1. The van der Waals surface area contributed by atoms with Gasteiger partial charge in [-0.15, -0.1) is 0 Å². The Morgan fingerprint density at radius 1 is 1.12 bits per heavy atom. The third kappa shape index (κ3) is 4.35. The third-order valence-corrected chi connectivity index (χ3v) is 4.16. The summed E-state index contributed by atoms with van der Waals surface area (Å²) >= 11 is 3.28. The average Bonchev–Trinajstić information content (AvgIpc) is 2.56. The van der Waals surface area contributed by atoms with E-state index in [4.69, 9.17) is 9.47 Å². The molecule has 0 heterocycles. The van der Waals surface area contributed by atoms with E-state index >= 15 is 0 Å². The van der Waals surface area contributed by atoms with Gasteiger partial charge < -0.3 is 14.8 Å². The van der Waals surface area contributed by atoms with Crippen molar-refractivity contribution in [3.63, 3.8) is 0 Å². The molecule has 0 saturated carbocycles. The highest BCUT2D eigenvalue weighted by molar-refractivity contribution is 9.10. The fourth-order valence-electron chi connectivity index (χ4n) is 2.18. The molecule has 0 aromatic heterocycles. The van der Waals surface area contributed by atoms with E-state index < -0.39 is 5.97 Å². The third-order valence-electron chi connectivity index (χ3n) is 3.47. The van der Waals surface area contributed by atoms with Gasteiger partial charge in [0.1, 0.15) is 5.75 Å². The van der Waals surface area contributed by atoms with Gasteiger partial charge in [-0.25, -0.2) is 4.79 Å². The molecule has 2 aromatic rings. The van der Waals surface area contributed by atoms with Gasteiger partial charge in [-0.3, -0.25) is 4.79 Å². The van der Waals surface area contributed by atoms with Crippen LogP contribution in [0.15, 0.2) is 40.9 Å². The number of aryl methyl sites for hydroxylation is 2. The lowest BCUT2D eigenvalue weighted by Crippen LogP contribution is -2.22. The average molecular weight is 392 g/mol. The summed E-state index contributed by atoms with van der Waals surface area (Å²) < 4.78 is 10.7. The molecule has 1 amide bonds. The van der Waals surface area contributed by atoms with Crippen LogP contribution in [0.2, 0.25) is 0 Å². The number of carbonyl (C=O) groups excluding carboxylic acids is 2. The molecule has 1 N–H and O–H groups in total. The second-order valence-electron chi connectivity index (χ2n) is 5.24. The molecule has 6 heteroatoms. The van der Waals surface area contributed by atoms with E-state index in [1.54, 1.807) is 18.2 Å². The summed E-state index contributed by atoms with van der Waals surface area (Å²) in [6, 6.07) is 10.7. The monoisotopic (exact) mass is 391 g/mol. The highest BCUT2D eigenvalue weighted by Gasteiger charge is 2.15. The van der Waals surface area contributed by atoms with Gasteiger partial charge in [0.05, 0.1) is 12.7 Å². The summed E-state index contributed by atoms with van der Waals surface area (Å²) in [4.78, 5) is 24.2. The molecule has 0 aliphatic carbocycles. The van der Waals surface area contributed by atoms with E-state index in [1.807, 2.05) is 32.0 Å². The lowest BCUT2D eigenvalue weighted by molar-refractivity contribution is -0.119. The molecule has 2 rings (SSSR count). The Bertz CT molecular complexity index is 753. The molecule has 5 nitrogen and oxygen atoms in total. The van der Waals surface area contributed by atoms with Crippen molar-refractivity contribution in [2.45, 2.75) is 13.8 Å². The number of amides is 1. The summed E-state index contributed by atoms with van der Waals surface area (Å²) in [5.74, 6) is -0.456.